The molecule has 0 bridgehead atoms. The molecular formula is C22H26FN7O. The van der Waals surface area contributed by atoms with Crippen molar-refractivity contribution in [3.63, 3.8) is 0 Å². The minimum Gasteiger partial charge on any atom is -0.492 e. The average molecular weight is 423 g/mol. The number of rotatable bonds is 7. The molecule has 0 unspecified atom stereocenters. The number of anilines is 4. The Balaban J connectivity index is 1.40. The molecule has 3 N–H and O–H groups in total. The zero-order valence-corrected chi connectivity index (χ0v) is 17.5. The number of hydrogen-bond acceptors (Lipinski definition) is 8. The molecule has 0 atom stereocenters. The van der Waals surface area contributed by atoms with Crippen molar-refractivity contribution in [1.82, 2.24) is 19.9 Å². The first-order valence-electron chi connectivity index (χ1n) is 10.3. The molecule has 0 aliphatic carbocycles. The van der Waals surface area contributed by atoms with Crippen LogP contribution in [0.15, 0.2) is 48.5 Å². The van der Waals surface area contributed by atoms with Crippen LogP contribution in [0.4, 0.5) is 27.7 Å². The maximum atomic E-state index is 13.2. The molecule has 0 spiro atoms. The summed E-state index contributed by atoms with van der Waals surface area (Å²) in [6.07, 6.45) is 0. The normalized spacial score (nSPS) is 14.5. The van der Waals surface area contributed by atoms with E-state index in [4.69, 9.17) is 10.5 Å². The van der Waals surface area contributed by atoms with E-state index in [1.54, 1.807) is 0 Å². The van der Waals surface area contributed by atoms with Gasteiger partial charge in [0.15, 0.2) is 0 Å². The number of nitrogen functional groups attached to an aromatic ring is 1. The second-order valence-electron chi connectivity index (χ2n) is 7.23. The quantitative estimate of drug-likeness (QED) is 0.599. The van der Waals surface area contributed by atoms with Crippen molar-refractivity contribution in [2.45, 2.75) is 13.5 Å². The highest BCUT2D eigenvalue weighted by atomic mass is 19.1. The van der Waals surface area contributed by atoms with Crippen molar-refractivity contribution in [1.29, 1.82) is 0 Å². The molecule has 9 heteroatoms. The summed E-state index contributed by atoms with van der Waals surface area (Å²) in [5.41, 5.74) is 7.74. The van der Waals surface area contributed by atoms with Crippen LogP contribution in [0.3, 0.4) is 0 Å². The third kappa shape index (κ3) is 5.37. The number of nitrogens with two attached hydrogens (primary N) is 1. The number of halogens is 1. The number of para-hydroxylation sites is 2. The predicted octanol–water partition coefficient (Wildman–Crippen LogP) is 3.06. The predicted molar refractivity (Wildman–Crippen MR) is 119 cm³/mol. The van der Waals surface area contributed by atoms with Gasteiger partial charge in [-0.25, -0.2) is 4.39 Å². The molecule has 0 amide bonds. The second kappa shape index (κ2) is 9.57. The van der Waals surface area contributed by atoms with Crippen molar-refractivity contribution in [2.24, 2.45) is 0 Å². The third-order valence-corrected chi connectivity index (χ3v) is 5.06. The van der Waals surface area contributed by atoms with E-state index in [1.165, 1.54) is 12.1 Å². The summed E-state index contributed by atoms with van der Waals surface area (Å²) >= 11 is 0. The summed E-state index contributed by atoms with van der Waals surface area (Å²) < 4.78 is 18.8. The SMILES string of the molecule is CCOc1ccccc1Nc1nc(N)nc(CN2CCN(c3ccc(F)cc3)CC2)n1. The monoisotopic (exact) mass is 423 g/mol. The van der Waals surface area contributed by atoms with Crippen molar-refractivity contribution >= 4 is 23.3 Å². The summed E-state index contributed by atoms with van der Waals surface area (Å²) in [7, 11) is 0. The highest BCUT2D eigenvalue weighted by Gasteiger charge is 2.19. The van der Waals surface area contributed by atoms with Crippen LogP contribution in [0.2, 0.25) is 0 Å². The number of nitrogens with one attached hydrogen (secondary N) is 1. The largest absolute Gasteiger partial charge is 0.492 e. The second-order valence-corrected chi connectivity index (χ2v) is 7.23. The highest BCUT2D eigenvalue weighted by molar-refractivity contribution is 5.62. The fourth-order valence-corrected chi connectivity index (χ4v) is 3.55. The Morgan fingerprint density at radius 2 is 1.74 bits per heavy atom. The third-order valence-electron chi connectivity index (χ3n) is 5.06. The first-order chi connectivity index (χ1) is 15.1. The molecule has 1 aromatic heterocycles. The van der Waals surface area contributed by atoms with E-state index in [1.807, 2.05) is 43.3 Å². The van der Waals surface area contributed by atoms with Crippen molar-refractivity contribution < 1.29 is 9.13 Å². The number of nitrogens with zero attached hydrogens (tertiary/aromatic N) is 5. The maximum Gasteiger partial charge on any atom is 0.232 e. The molecule has 3 aromatic rings. The first-order valence-corrected chi connectivity index (χ1v) is 10.3. The molecule has 1 fully saturated rings. The Morgan fingerprint density at radius 1 is 1.00 bits per heavy atom. The van der Waals surface area contributed by atoms with E-state index >= 15 is 0 Å². The van der Waals surface area contributed by atoms with Crippen LogP contribution in [-0.2, 0) is 6.54 Å². The van der Waals surface area contributed by atoms with Gasteiger partial charge in [0.2, 0.25) is 11.9 Å². The van der Waals surface area contributed by atoms with Gasteiger partial charge >= 0.3 is 0 Å². The molecule has 2 aromatic carbocycles. The van der Waals surface area contributed by atoms with Gasteiger partial charge in [0.05, 0.1) is 18.8 Å². The van der Waals surface area contributed by atoms with Gasteiger partial charge in [-0.1, -0.05) is 12.1 Å². The number of benzene rings is 2. The van der Waals surface area contributed by atoms with Gasteiger partial charge in [0.25, 0.3) is 0 Å². The lowest BCUT2D eigenvalue weighted by molar-refractivity contribution is 0.244. The van der Waals surface area contributed by atoms with E-state index in [2.05, 4.69) is 30.1 Å². The van der Waals surface area contributed by atoms with E-state index in [-0.39, 0.29) is 11.8 Å². The zero-order chi connectivity index (χ0) is 21.6. The van der Waals surface area contributed by atoms with Crippen LogP contribution < -0.4 is 20.7 Å². The lowest BCUT2D eigenvalue weighted by Crippen LogP contribution is -2.46. The zero-order valence-electron chi connectivity index (χ0n) is 17.5. The van der Waals surface area contributed by atoms with E-state index < -0.39 is 0 Å². The molecule has 4 rings (SSSR count). The minimum atomic E-state index is -0.219. The number of hydrogen-bond donors (Lipinski definition) is 2. The Kier molecular flexibility index (Phi) is 6.42. The van der Waals surface area contributed by atoms with E-state index in [0.29, 0.717) is 24.9 Å². The molecule has 0 radical (unpaired) electrons. The first kappa shape index (κ1) is 20.8. The number of ether oxygens (including phenoxy) is 1. The highest BCUT2D eigenvalue weighted by Crippen LogP contribution is 2.26. The summed E-state index contributed by atoms with van der Waals surface area (Å²) in [4.78, 5) is 17.6. The van der Waals surface area contributed by atoms with Gasteiger partial charge in [-0.05, 0) is 43.3 Å². The smallest absolute Gasteiger partial charge is 0.232 e. The van der Waals surface area contributed by atoms with E-state index in [9.17, 15) is 4.39 Å². The topological polar surface area (TPSA) is 92.4 Å². The molecule has 2 heterocycles. The molecule has 1 aliphatic heterocycles. The van der Waals surface area contributed by atoms with Gasteiger partial charge in [-0.2, -0.15) is 15.0 Å². The van der Waals surface area contributed by atoms with Crippen LogP contribution in [0.25, 0.3) is 0 Å². The molecule has 1 saturated heterocycles. The van der Waals surface area contributed by atoms with Gasteiger partial charge in [0, 0.05) is 31.9 Å². The van der Waals surface area contributed by atoms with Crippen LogP contribution in [-0.4, -0.2) is 52.6 Å². The molecule has 31 heavy (non-hydrogen) atoms. The fraction of sp³-hybridized carbons (Fsp3) is 0.318. The minimum absolute atomic E-state index is 0.173. The van der Waals surface area contributed by atoms with Crippen molar-refractivity contribution in [2.75, 3.05) is 48.7 Å². The molecule has 162 valence electrons. The van der Waals surface area contributed by atoms with Crippen LogP contribution in [0.1, 0.15) is 12.7 Å². The van der Waals surface area contributed by atoms with Gasteiger partial charge in [-0.15, -0.1) is 0 Å². The van der Waals surface area contributed by atoms with Crippen molar-refractivity contribution in [3.05, 3.63) is 60.2 Å². The Bertz CT molecular complexity index is 1010. The van der Waals surface area contributed by atoms with Gasteiger partial charge in [0.1, 0.15) is 17.4 Å². The van der Waals surface area contributed by atoms with Crippen LogP contribution in [0, 0.1) is 5.82 Å². The Morgan fingerprint density at radius 3 is 2.48 bits per heavy atom. The number of piperazine rings is 1. The summed E-state index contributed by atoms with van der Waals surface area (Å²) in [6.45, 7) is 6.46. The van der Waals surface area contributed by atoms with Crippen LogP contribution >= 0.6 is 0 Å². The summed E-state index contributed by atoms with van der Waals surface area (Å²) in [6, 6.07) is 14.2. The standard InChI is InChI=1S/C22H26FN7O/c1-2-31-19-6-4-3-5-18(19)25-22-27-20(26-21(24)28-22)15-29-11-13-30(14-12-29)17-9-7-16(23)8-10-17/h3-10H,2,11-15H2,1H3,(H3,24,25,26,27,28). The lowest BCUT2D eigenvalue weighted by atomic mass is 10.2. The lowest BCUT2D eigenvalue weighted by Gasteiger charge is -2.35. The Labute approximate surface area is 180 Å². The summed E-state index contributed by atoms with van der Waals surface area (Å²) in [5, 5.41) is 3.18. The average Bonchev–Trinajstić information content (AvgIpc) is 2.76. The van der Waals surface area contributed by atoms with E-state index in [0.717, 1.165) is 43.3 Å². The molecular weight excluding hydrogens is 397 g/mol. The maximum absolute atomic E-state index is 13.2. The van der Waals surface area contributed by atoms with Crippen LogP contribution in [0.5, 0.6) is 5.75 Å². The Hall–Kier alpha value is -3.46. The molecule has 8 nitrogen and oxygen atoms in total. The van der Waals surface area contributed by atoms with Gasteiger partial charge < -0.3 is 20.7 Å². The van der Waals surface area contributed by atoms with Gasteiger partial charge in [-0.3, -0.25) is 4.90 Å². The molecule has 0 saturated carbocycles. The summed E-state index contributed by atoms with van der Waals surface area (Å²) in [5.74, 6) is 1.68. The fourth-order valence-electron chi connectivity index (χ4n) is 3.55. The molecule has 1 aliphatic rings. The number of aromatic nitrogens is 3. The van der Waals surface area contributed by atoms with Crippen molar-refractivity contribution in [3.8, 4) is 5.75 Å².